The monoisotopic (exact) mass is 750 g/mol. The molecule has 0 saturated carbocycles. The molecule has 0 aliphatic heterocycles. The first kappa shape index (κ1) is 34.9. The standard InChI is InChI=1S/C34H22O12S4/c35-47(36,37)27-11-13-31-25(15-27)17-29(49(41,42)43)19-33(31)23-7-3-21(4-8-23)1-2-22-5-9-24(10-6-22)34-20-30(50(44,45)46)18-26-16-28(48(38,39)40)12-14-32(26)34/h3-20H,(H,35,36,37)(H,38,39,40)(H,41,42,43)(H,44,45,46). The van der Waals surface area contributed by atoms with Crippen molar-refractivity contribution in [1.82, 2.24) is 0 Å². The molecule has 0 atom stereocenters. The van der Waals surface area contributed by atoms with Crippen LogP contribution in [0, 0.1) is 11.8 Å². The SMILES string of the molecule is O=S(=O)(O)c1ccc2c(-c3ccc(C#Cc4ccc(-c5cc(S(=O)(=O)O)cc6cc(S(=O)(=O)O)ccc56)cc4)cc3)cc(S(=O)(=O)O)cc2c1. The summed E-state index contributed by atoms with van der Waals surface area (Å²) in [6.07, 6.45) is 0. The van der Waals surface area contributed by atoms with Crippen LogP contribution in [0.15, 0.2) is 129 Å². The fourth-order valence-electron chi connectivity index (χ4n) is 5.35. The Balaban J connectivity index is 1.33. The Hall–Kier alpha value is -4.96. The Morgan fingerprint density at radius 2 is 0.660 bits per heavy atom. The van der Waals surface area contributed by atoms with Crippen molar-refractivity contribution in [1.29, 1.82) is 0 Å². The average Bonchev–Trinajstić information content (AvgIpc) is 3.04. The zero-order valence-corrected chi connectivity index (χ0v) is 28.3. The van der Waals surface area contributed by atoms with E-state index in [0.717, 1.165) is 24.3 Å². The fourth-order valence-corrected chi connectivity index (χ4v) is 7.47. The summed E-state index contributed by atoms with van der Waals surface area (Å²) in [7, 11) is -18.5. The molecular weight excluding hydrogens is 729 g/mol. The first-order valence-corrected chi connectivity index (χ1v) is 19.8. The van der Waals surface area contributed by atoms with Crippen molar-refractivity contribution in [2.45, 2.75) is 19.6 Å². The van der Waals surface area contributed by atoms with E-state index in [1.807, 2.05) is 0 Å². The van der Waals surface area contributed by atoms with E-state index < -0.39 is 60.1 Å². The van der Waals surface area contributed by atoms with Crippen molar-refractivity contribution in [3.63, 3.8) is 0 Å². The maximum absolute atomic E-state index is 12.0. The van der Waals surface area contributed by atoms with Crippen molar-refractivity contribution in [3.05, 3.63) is 120 Å². The van der Waals surface area contributed by atoms with Gasteiger partial charge in [0, 0.05) is 11.1 Å². The van der Waals surface area contributed by atoms with Gasteiger partial charge in [0.1, 0.15) is 0 Å². The quantitative estimate of drug-likeness (QED) is 0.119. The van der Waals surface area contributed by atoms with E-state index in [1.54, 1.807) is 48.5 Å². The molecule has 0 aliphatic rings. The second-order valence-electron chi connectivity index (χ2n) is 11.0. The van der Waals surface area contributed by atoms with Crippen molar-refractivity contribution in [2.75, 3.05) is 0 Å². The average molecular weight is 751 g/mol. The third-order valence-corrected chi connectivity index (χ3v) is 11.1. The fraction of sp³-hybridized carbons (Fsp3) is 0. The van der Waals surface area contributed by atoms with Crippen LogP contribution in [0.25, 0.3) is 43.8 Å². The summed E-state index contributed by atoms with van der Waals surface area (Å²) in [4.78, 5) is -1.84. The molecule has 0 saturated heterocycles. The normalized spacial score (nSPS) is 12.5. The van der Waals surface area contributed by atoms with Crippen molar-refractivity contribution < 1.29 is 51.9 Å². The van der Waals surface area contributed by atoms with Crippen molar-refractivity contribution >= 4 is 62.0 Å². The van der Waals surface area contributed by atoms with E-state index in [4.69, 9.17) is 0 Å². The van der Waals surface area contributed by atoms with Crippen molar-refractivity contribution in [3.8, 4) is 34.1 Å². The maximum atomic E-state index is 12.0. The van der Waals surface area contributed by atoms with Gasteiger partial charge >= 0.3 is 0 Å². The number of rotatable bonds is 6. The van der Waals surface area contributed by atoms with Crippen LogP contribution in [-0.4, -0.2) is 51.9 Å². The molecule has 0 amide bonds. The third kappa shape index (κ3) is 7.31. The Morgan fingerprint density at radius 3 is 0.960 bits per heavy atom. The topological polar surface area (TPSA) is 217 Å². The lowest BCUT2D eigenvalue weighted by atomic mass is 9.97. The molecule has 0 unspecified atom stereocenters. The lowest BCUT2D eigenvalue weighted by Gasteiger charge is -2.11. The molecule has 16 heteroatoms. The van der Waals surface area contributed by atoms with E-state index in [2.05, 4.69) is 11.8 Å². The Morgan fingerprint density at radius 1 is 0.360 bits per heavy atom. The molecule has 12 nitrogen and oxygen atoms in total. The van der Waals surface area contributed by atoms with Gasteiger partial charge in [0.15, 0.2) is 0 Å². The summed E-state index contributed by atoms with van der Waals surface area (Å²) >= 11 is 0. The molecule has 6 rings (SSSR count). The van der Waals surface area contributed by atoms with Crippen molar-refractivity contribution in [2.24, 2.45) is 0 Å². The van der Waals surface area contributed by atoms with Crippen LogP contribution in [0.3, 0.4) is 0 Å². The van der Waals surface area contributed by atoms with Gasteiger partial charge in [-0.2, -0.15) is 33.7 Å². The van der Waals surface area contributed by atoms with E-state index in [-0.39, 0.29) is 10.8 Å². The van der Waals surface area contributed by atoms with Gasteiger partial charge in [-0.3, -0.25) is 18.2 Å². The van der Waals surface area contributed by atoms with Gasteiger partial charge in [0.2, 0.25) is 0 Å². The first-order valence-electron chi connectivity index (χ1n) is 14.1. The van der Waals surface area contributed by atoms with Gasteiger partial charge in [-0.05, 0) is 117 Å². The molecule has 50 heavy (non-hydrogen) atoms. The van der Waals surface area contributed by atoms with Gasteiger partial charge in [-0.15, -0.1) is 0 Å². The Labute approximate surface area is 286 Å². The van der Waals surface area contributed by atoms with Crippen LogP contribution in [-0.2, 0) is 40.5 Å². The zero-order valence-electron chi connectivity index (χ0n) is 25.1. The predicted molar refractivity (Wildman–Crippen MR) is 184 cm³/mol. The molecule has 0 aliphatic carbocycles. The predicted octanol–water partition coefficient (Wildman–Crippen LogP) is 5.71. The van der Waals surface area contributed by atoms with Crippen LogP contribution in [0.5, 0.6) is 0 Å². The highest BCUT2D eigenvalue weighted by atomic mass is 32.2. The molecular formula is C34H22O12S4. The zero-order chi connectivity index (χ0) is 36.2. The van der Waals surface area contributed by atoms with E-state index in [1.165, 1.54) is 36.4 Å². The molecule has 6 aromatic carbocycles. The van der Waals surface area contributed by atoms with Gasteiger partial charge in [-0.1, -0.05) is 48.2 Å². The number of fused-ring (bicyclic) bond motifs is 2. The Kier molecular flexibility index (Phi) is 8.67. The number of hydrogen-bond donors (Lipinski definition) is 4. The maximum Gasteiger partial charge on any atom is 0.294 e. The second kappa shape index (κ2) is 12.4. The summed E-state index contributed by atoms with van der Waals surface area (Å²) < 4.78 is 133. The second-order valence-corrected chi connectivity index (χ2v) is 16.7. The molecule has 6 aromatic rings. The molecule has 0 radical (unpaired) electrons. The molecule has 0 heterocycles. The van der Waals surface area contributed by atoms with Crippen LogP contribution < -0.4 is 0 Å². The van der Waals surface area contributed by atoms with Crippen LogP contribution in [0.1, 0.15) is 11.1 Å². The van der Waals surface area contributed by atoms with Gasteiger partial charge in [0.25, 0.3) is 40.5 Å². The molecule has 0 bridgehead atoms. The van der Waals surface area contributed by atoms with E-state index in [9.17, 15) is 51.9 Å². The largest absolute Gasteiger partial charge is 0.294 e. The smallest absolute Gasteiger partial charge is 0.282 e. The summed E-state index contributed by atoms with van der Waals surface area (Å²) in [6.45, 7) is 0. The minimum absolute atomic E-state index is 0.151. The third-order valence-electron chi connectivity index (χ3n) is 7.73. The first-order chi connectivity index (χ1) is 23.3. The number of benzene rings is 6. The van der Waals surface area contributed by atoms with Gasteiger partial charge in [0.05, 0.1) is 19.6 Å². The highest BCUT2D eigenvalue weighted by Gasteiger charge is 2.19. The van der Waals surface area contributed by atoms with E-state index in [0.29, 0.717) is 44.2 Å². The Bertz CT molecular complexity index is 2680. The molecule has 4 N–H and O–H groups in total. The summed E-state index contributed by atoms with van der Waals surface area (Å²) in [5.41, 5.74) is 2.93. The lowest BCUT2D eigenvalue weighted by Crippen LogP contribution is -2.01. The van der Waals surface area contributed by atoms with E-state index >= 15 is 0 Å². The summed E-state index contributed by atoms with van der Waals surface area (Å²) in [5.74, 6) is 6.00. The van der Waals surface area contributed by atoms with Gasteiger partial charge < -0.3 is 0 Å². The number of hydrogen-bond acceptors (Lipinski definition) is 8. The summed E-state index contributed by atoms with van der Waals surface area (Å²) in [6, 6.07) is 25.4. The minimum Gasteiger partial charge on any atom is -0.282 e. The highest BCUT2D eigenvalue weighted by molar-refractivity contribution is 7.86. The lowest BCUT2D eigenvalue weighted by molar-refractivity contribution is 0.480. The van der Waals surface area contributed by atoms with Gasteiger partial charge in [-0.25, -0.2) is 0 Å². The minimum atomic E-state index is -4.67. The van der Waals surface area contributed by atoms with Crippen LogP contribution >= 0.6 is 0 Å². The van der Waals surface area contributed by atoms with Crippen LogP contribution in [0.4, 0.5) is 0 Å². The highest BCUT2D eigenvalue weighted by Crippen LogP contribution is 2.35. The van der Waals surface area contributed by atoms with Crippen LogP contribution in [0.2, 0.25) is 0 Å². The summed E-state index contributed by atoms with van der Waals surface area (Å²) in [5, 5.41) is 1.21. The molecule has 254 valence electrons. The molecule has 0 aromatic heterocycles. The molecule has 0 fully saturated rings. The molecule has 0 spiro atoms.